The number of rotatable bonds is 8. The monoisotopic (exact) mass is 188 g/mol. The third-order valence-electron chi connectivity index (χ3n) is 2.19. The fraction of sp³-hybridized carbons (Fsp3) is 1.00. The molecule has 0 aliphatic carbocycles. The number of hydrogen-bond acceptors (Lipinski definition) is 3. The van der Waals surface area contributed by atoms with Crippen LogP contribution in [0.3, 0.4) is 0 Å². The zero-order valence-electron chi connectivity index (χ0n) is 8.92. The molecule has 0 saturated carbocycles. The van der Waals surface area contributed by atoms with Crippen LogP contribution < -0.4 is 11.1 Å². The van der Waals surface area contributed by atoms with Crippen molar-refractivity contribution in [3.8, 4) is 0 Å². The minimum absolute atomic E-state index is 0.128. The van der Waals surface area contributed by atoms with E-state index in [1.54, 1.807) is 0 Å². The van der Waals surface area contributed by atoms with Crippen molar-refractivity contribution in [3.63, 3.8) is 0 Å². The van der Waals surface area contributed by atoms with Gasteiger partial charge in [0, 0.05) is 0 Å². The predicted octanol–water partition coefficient (Wildman–Crippen LogP) is 1.21. The van der Waals surface area contributed by atoms with Gasteiger partial charge < -0.3 is 16.2 Å². The Morgan fingerprint density at radius 1 is 1.31 bits per heavy atom. The summed E-state index contributed by atoms with van der Waals surface area (Å²) < 4.78 is 0. The number of nitrogens with one attached hydrogen (secondary N) is 1. The van der Waals surface area contributed by atoms with Gasteiger partial charge in [-0.05, 0) is 32.2 Å². The van der Waals surface area contributed by atoms with Gasteiger partial charge in [0.15, 0.2) is 0 Å². The van der Waals surface area contributed by atoms with Crippen LogP contribution in [0.4, 0.5) is 0 Å². The van der Waals surface area contributed by atoms with E-state index in [-0.39, 0.29) is 12.3 Å². The van der Waals surface area contributed by atoms with Crippen LogP contribution in [0.25, 0.3) is 0 Å². The summed E-state index contributed by atoms with van der Waals surface area (Å²) in [6.07, 6.45) is 4.87. The van der Waals surface area contributed by atoms with Gasteiger partial charge in [-0.25, -0.2) is 0 Å². The Hall–Kier alpha value is -0.120. The molecule has 0 aliphatic heterocycles. The summed E-state index contributed by atoms with van der Waals surface area (Å²) in [4.78, 5) is 0. The Kier molecular flexibility index (Phi) is 8.40. The fourth-order valence-corrected chi connectivity index (χ4v) is 1.24. The minimum atomic E-state index is -0.135. The van der Waals surface area contributed by atoms with Crippen LogP contribution in [0.1, 0.15) is 46.0 Å². The van der Waals surface area contributed by atoms with Crippen molar-refractivity contribution in [1.82, 2.24) is 5.32 Å². The first-order valence-corrected chi connectivity index (χ1v) is 5.37. The van der Waals surface area contributed by atoms with Gasteiger partial charge in [0.2, 0.25) is 0 Å². The Balaban J connectivity index is 3.15. The first kappa shape index (κ1) is 12.9. The van der Waals surface area contributed by atoms with Crippen LogP contribution in [-0.4, -0.2) is 23.9 Å². The summed E-state index contributed by atoms with van der Waals surface area (Å²) in [6, 6.07) is 0. The van der Waals surface area contributed by atoms with Crippen molar-refractivity contribution in [1.29, 1.82) is 0 Å². The molecule has 0 rings (SSSR count). The molecule has 0 aromatic heterocycles. The van der Waals surface area contributed by atoms with E-state index in [1.807, 2.05) is 6.92 Å². The Labute approximate surface area is 81.7 Å². The molecule has 13 heavy (non-hydrogen) atoms. The zero-order chi connectivity index (χ0) is 10.1. The Morgan fingerprint density at radius 2 is 2.00 bits per heavy atom. The van der Waals surface area contributed by atoms with Crippen molar-refractivity contribution < 1.29 is 5.11 Å². The quantitative estimate of drug-likeness (QED) is 0.396. The molecule has 0 fully saturated rings. The second kappa shape index (κ2) is 8.48. The molecule has 0 amide bonds. The molecular formula is C10H24N2O. The fourth-order valence-electron chi connectivity index (χ4n) is 1.24. The first-order valence-electron chi connectivity index (χ1n) is 5.37. The SMILES string of the molecule is CCCC(N)NCCCC(O)CC. The molecule has 0 radical (unpaired) electrons. The molecule has 2 atom stereocenters. The van der Waals surface area contributed by atoms with Crippen molar-refractivity contribution >= 4 is 0 Å². The molecule has 3 heteroatoms. The average Bonchev–Trinajstić information content (AvgIpc) is 2.12. The standard InChI is InChI=1S/C10H24N2O/c1-3-6-10(11)12-8-5-7-9(13)4-2/h9-10,12-13H,3-8,11H2,1-2H3. The van der Waals surface area contributed by atoms with E-state index in [4.69, 9.17) is 5.73 Å². The summed E-state index contributed by atoms with van der Waals surface area (Å²) in [7, 11) is 0. The van der Waals surface area contributed by atoms with Crippen LogP contribution in [0, 0.1) is 0 Å². The van der Waals surface area contributed by atoms with Crippen molar-refractivity contribution in [2.75, 3.05) is 6.54 Å². The molecule has 0 aromatic carbocycles. The number of hydrogen-bond donors (Lipinski definition) is 3. The smallest absolute Gasteiger partial charge is 0.0546 e. The highest BCUT2D eigenvalue weighted by atomic mass is 16.3. The lowest BCUT2D eigenvalue weighted by molar-refractivity contribution is 0.157. The maximum Gasteiger partial charge on any atom is 0.0546 e. The van der Waals surface area contributed by atoms with E-state index >= 15 is 0 Å². The van der Waals surface area contributed by atoms with Gasteiger partial charge in [0.05, 0.1) is 12.3 Å². The molecule has 0 spiro atoms. The highest BCUT2D eigenvalue weighted by molar-refractivity contribution is 4.59. The Bertz CT molecular complexity index is 109. The van der Waals surface area contributed by atoms with E-state index in [9.17, 15) is 5.11 Å². The highest BCUT2D eigenvalue weighted by Crippen LogP contribution is 1.99. The second-order valence-corrected chi connectivity index (χ2v) is 3.55. The van der Waals surface area contributed by atoms with E-state index < -0.39 is 0 Å². The van der Waals surface area contributed by atoms with Crippen LogP contribution >= 0.6 is 0 Å². The summed E-state index contributed by atoms with van der Waals surface area (Å²) in [6.45, 7) is 5.04. The third-order valence-corrected chi connectivity index (χ3v) is 2.19. The predicted molar refractivity (Wildman–Crippen MR) is 56.4 cm³/mol. The number of aliphatic hydroxyl groups is 1. The van der Waals surface area contributed by atoms with E-state index in [0.29, 0.717) is 0 Å². The summed E-state index contributed by atoms with van der Waals surface area (Å²) in [5, 5.41) is 12.5. The molecule has 3 nitrogen and oxygen atoms in total. The second-order valence-electron chi connectivity index (χ2n) is 3.55. The van der Waals surface area contributed by atoms with Gasteiger partial charge in [0.25, 0.3) is 0 Å². The molecular weight excluding hydrogens is 164 g/mol. The van der Waals surface area contributed by atoms with Crippen LogP contribution in [0.5, 0.6) is 0 Å². The maximum atomic E-state index is 9.27. The van der Waals surface area contributed by atoms with Crippen molar-refractivity contribution in [2.24, 2.45) is 5.73 Å². The maximum absolute atomic E-state index is 9.27. The van der Waals surface area contributed by atoms with Gasteiger partial charge >= 0.3 is 0 Å². The molecule has 0 aliphatic rings. The van der Waals surface area contributed by atoms with Gasteiger partial charge in [-0.1, -0.05) is 20.3 Å². The topological polar surface area (TPSA) is 58.3 Å². The first-order chi connectivity index (χ1) is 6.20. The number of aliphatic hydroxyl groups excluding tert-OH is 1. The molecule has 0 heterocycles. The van der Waals surface area contributed by atoms with Gasteiger partial charge in [-0.15, -0.1) is 0 Å². The summed E-state index contributed by atoms with van der Waals surface area (Å²) in [5.74, 6) is 0. The summed E-state index contributed by atoms with van der Waals surface area (Å²) in [5.41, 5.74) is 5.76. The lowest BCUT2D eigenvalue weighted by Gasteiger charge is -2.13. The Morgan fingerprint density at radius 3 is 2.54 bits per heavy atom. The normalized spacial score (nSPS) is 15.7. The van der Waals surface area contributed by atoms with Gasteiger partial charge in [-0.3, -0.25) is 0 Å². The van der Waals surface area contributed by atoms with Crippen LogP contribution in [-0.2, 0) is 0 Å². The zero-order valence-corrected chi connectivity index (χ0v) is 8.92. The van der Waals surface area contributed by atoms with Gasteiger partial charge in [0.1, 0.15) is 0 Å². The lowest BCUT2D eigenvalue weighted by atomic mass is 10.1. The summed E-state index contributed by atoms with van der Waals surface area (Å²) >= 11 is 0. The molecule has 80 valence electrons. The number of nitrogens with two attached hydrogens (primary N) is 1. The van der Waals surface area contributed by atoms with E-state index in [0.717, 1.165) is 38.6 Å². The molecule has 0 saturated heterocycles. The van der Waals surface area contributed by atoms with Gasteiger partial charge in [-0.2, -0.15) is 0 Å². The lowest BCUT2D eigenvalue weighted by Crippen LogP contribution is -2.37. The van der Waals surface area contributed by atoms with E-state index in [2.05, 4.69) is 12.2 Å². The van der Waals surface area contributed by atoms with Crippen LogP contribution in [0.15, 0.2) is 0 Å². The highest BCUT2D eigenvalue weighted by Gasteiger charge is 2.01. The average molecular weight is 188 g/mol. The van der Waals surface area contributed by atoms with Crippen molar-refractivity contribution in [3.05, 3.63) is 0 Å². The molecule has 0 aromatic rings. The minimum Gasteiger partial charge on any atom is -0.393 e. The van der Waals surface area contributed by atoms with E-state index in [1.165, 1.54) is 0 Å². The third kappa shape index (κ3) is 8.22. The largest absolute Gasteiger partial charge is 0.393 e. The van der Waals surface area contributed by atoms with Crippen molar-refractivity contribution in [2.45, 2.75) is 58.2 Å². The molecule has 2 unspecified atom stereocenters. The molecule has 4 N–H and O–H groups in total. The molecule has 0 bridgehead atoms. The van der Waals surface area contributed by atoms with Crippen LogP contribution in [0.2, 0.25) is 0 Å².